The molecule has 0 unspecified atom stereocenters. The van der Waals surface area contributed by atoms with E-state index in [0.29, 0.717) is 71.1 Å². The summed E-state index contributed by atoms with van der Waals surface area (Å²) < 4.78 is 27.0. The number of benzene rings is 3. The second-order valence-corrected chi connectivity index (χ2v) is 9.61. The van der Waals surface area contributed by atoms with E-state index in [1.165, 1.54) is 21.3 Å². The van der Waals surface area contributed by atoms with E-state index in [1.807, 2.05) is 30.3 Å². The van der Waals surface area contributed by atoms with E-state index in [-0.39, 0.29) is 11.8 Å². The van der Waals surface area contributed by atoms with Crippen molar-refractivity contribution in [2.45, 2.75) is 0 Å². The Bertz CT molecular complexity index is 1420. The van der Waals surface area contributed by atoms with Gasteiger partial charge in [-0.3, -0.25) is 9.59 Å². The number of carbonyl (C=O) groups excluding carboxylic acids is 2. The lowest BCUT2D eigenvalue weighted by molar-refractivity contribution is -0.127. The summed E-state index contributed by atoms with van der Waals surface area (Å²) in [6.07, 6.45) is 1.60. The van der Waals surface area contributed by atoms with E-state index in [1.54, 1.807) is 54.4 Å². The molecular formula is C31H33ClN2O7. The third-order valence-corrected chi connectivity index (χ3v) is 7.12. The number of methoxy groups -OCH3 is 5. The van der Waals surface area contributed by atoms with Crippen LogP contribution in [0.4, 0.5) is 0 Å². The molecule has 1 fully saturated rings. The maximum absolute atomic E-state index is 13.5. The fourth-order valence-corrected chi connectivity index (χ4v) is 4.92. The maximum Gasteiger partial charge on any atom is 0.254 e. The van der Waals surface area contributed by atoms with Gasteiger partial charge in [0.1, 0.15) is 0 Å². The minimum Gasteiger partial charge on any atom is -0.493 e. The van der Waals surface area contributed by atoms with Gasteiger partial charge in [-0.25, -0.2) is 0 Å². The largest absolute Gasteiger partial charge is 0.493 e. The van der Waals surface area contributed by atoms with Gasteiger partial charge in [0.15, 0.2) is 23.0 Å². The molecule has 0 aromatic heterocycles. The van der Waals surface area contributed by atoms with E-state index < -0.39 is 0 Å². The minimum atomic E-state index is -0.183. The molecule has 216 valence electrons. The molecule has 10 heteroatoms. The molecule has 0 saturated carbocycles. The number of hydrogen-bond donors (Lipinski definition) is 0. The summed E-state index contributed by atoms with van der Waals surface area (Å²) in [7, 11) is 7.65. The summed E-state index contributed by atoms with van der Waals surface area (Å²) >= 11 is 6.29. The highest BCUT2D eigenvalue weighted by atomic mass is 35.5. The van der Waals surface area contributed by atoms with Gasteiger partial charge in [-0.15, -0.1) is 0 Å². The highest BCUT2D eigenvalue weighted by molar-refractivity contribution is 6.30. The first-order valence-corrected chi connectivity index (χ1v) is 13.3. The van der Waals surface area contributed by atoms with Gasteiger partial charge in [0.25, 0.3) is 5.91 Å². The van der Waals surface area contributed by atoms with Gasteiger partial charge < -0.3 is 33.5 Å². The van der Waals surface area contributed by atoms with Crippen LogP contribution in [0.3, 0.4) is 0 Å². The molecule has 3 aromatic rings. The van der Waals surface area contributed by atoms with Gasteiger partial charge in [-0.2, -0.15) is 0 Å². The van der Waals surface area contributed by atoms with Crippen molar-refractivity contribution >= 4 is 29.0 Å². The molecule has 3 aromatic carbocycles. The number of ether oxygens (including phenoxy) is 5. The zero-order valence-corrected chi connectivity index (χ0v) is 24.5. The molecule has 0 aliphatic carbocycles. The summed E-state index contributed by atoms with van der Waals surface area (Å²) in [4.78, 5) is 30.3. The third-order valence-electron chi connectivity index (χ3n) is 6.89. The molecule has 0 radical (unpaired) electrons. The number of halogens is 1. The zero-order valence-electron chi connectivity index (χ0n) is 23.7. The number of rotatable bonds is 9. The van der Waals surface area contributed by atoms with E-state index in [4.69, 9.17) is 35.3 Å². The van der Waals surface area contributed by atoms with Gasteiger partial charge in [0.05, 0.1) is 35.5 Å². The first kappa shape index (κ1) is 29.6. The summed E-state index contributed by atoms with van der Waals surface area (Å²) in [5.74, 6) is 1.99. The molecule has 1 aliphatic rings. The second kappa shape index (κ2) is 13.3. The van der Waals surface area contributed by atoms with Crippen molar-refractivity contribution in [1.82, 2.24) is 9.80 Å². The number of hydrogen-bond acceptors (Lipinski definition) is 7. The lowest BCUT2D eigenvalue weighted by Gasteiger charge is -2.34. The van der Waals surface area contributed by atoms with Crippen LogP contribution >= 0.6 is 11.6 Å². The van der Waals surface area contributed by atoms with Crippen molar-refractivity contribution in [3.8, 4) is 28.7 Å². The zero-order chi connectivity index (χ0) is 29.5. The first-order chi connectivity index (χ1) is 19.8. The highest BCUT2D eigenvalue weighted by Gasteiger charge is 2.26. The van der Waals surface area contributed by atoms with E-state index >= 15 is 0 Å². The molecule has 1 saturated heterocycles. The Labute approximate surface area is 244 Å². The third kappa shape index (κ3) is 6.52. The fraction of sp³-hybridized carbons (Fsp3) is 0.290. The van der Waals surface area contributed by atoms with Crippen molar-refractivity contribution in [2.75, 3.05) is 61.7 Å². The lowest BCUT2D eigenvalue weighted by Crippen LogP contribution is -2.50. The van der Waals surface area contributed by atoms with Crippen LogP contribution in [-0.4, -0.2) is 83.3 Å². The monoisotopic (exact) mass is 580 g/mol. The van der Waals surface area contributed by atoms with Crippen LogP contribution in [0.5, 0.6) is 28.7 Å². The number of nitrogens with zero attached hydrogens (tertiary/aromatic N) is 2. The Kier molecular flexibility index (Phi) is 9.62. The Hall–Kier alpha value is -4.37. The molecule has 41 heavy (non-hydrogen) atoms. The van der Waals surface area contributed by atoms with Crippen molar-refractivity contribution < 1.29 is 33.3 Å². The Morgan fingerprint density at radius 1 is 0.659 bits per heavy atom. The van der Waals surface area contributed by atoms with Crippen LogP contribution in [0.1, 0.15) is 21.5 Å². The standard InChI is InChI=1S/C31H33ClN2O7/c1-37-25-10-9-21(16-26(25)38-2)24(20-7-6-8-23(32)15-20)19-29(35)33-11-13-34(14-12-33)31(36)22-17-27(39-3)30(41-5)28(18-22)40-4/h6-10,15-19H,11-14H2,1-5H3/b24-19+. The van der Waals surface area contributed by atoms with Crippen molar-refractivity contribution in [3.05, 3.63) is 82.4 Å². The van der Waals surface area contributed by atoms with Gasteiger partial charge >= 0.3 is 0 Å². The van der Waals surface area contributed by atoms with Gasteiger partial charge in [0.2, 0.25) is 11.7 Å². The fourth-order valence-electron chi connectivity index (χ4n) is 4.72. The first-order valence-electron chi connectivity index (χ1n) is 12.9. The average molecular weight is 581 g/mol. The average Bonchev–Trinajstić information content (AvgIpc) is 3.02. The van der Waals surface area contributed by atoms with Crippen LogP contribution in [0.2, 0.25) is 5.02 Å². The molecule has 0 bridgehead atoms. The van der Waals surface area contributed by atoms with Crippen molar-refractivity contribution in [3.63, 3.8) is 0 Å². The Balaban J connectivity index is 1.55. The van der Waals surface area contributed by atoms with Crippen LogP contribution < -0.4 is 23.7 Å². The summed E-state index contributed by atoms with van der Waals surface area (Å²) in [5, 5.41) is 0.556. The van der Waals surface area contributed by atoms with Crippen LogP contribution in [-0.2, 0) is 4.79 Å². The van der Waals surface area contributed by atoms with Gasteiger partial charge in [0, 0.05) is 42.8 Å². The number of carbonyl (C=O) groups is 2. The van der Waals surface area contributed by atoms with Crippen molar-refractivity contribution in [1.29, 1.82) is 0 Å². The summed E-state index contributed by atoms with van der Waals surface area (Å²) in [6.45, 7) is 1.50. The molecule has 9 nitrogen and oxygen atoms in total. The van der Waals surface area contributed by atoms with E-state index in [0.717, 1.165) is 11.1 Å². The summed E-state index contributed by atoms with van der Waals surface area (Å²) in [5.41, 5.74) is 2.66. The Morgan fingerprint density at radius 3 is 1.78 bits per heavy atom. The minimum absolute atomic E-state index is 0.172. The molecule has 2 amide bonds. The molecule has 0 N–H and O–H groups in total. The predicted molar refractivity (Wildman–Crippen MR) is 157 cm³/mol. The summed E-state index contributed by atoms with van der Waals surface area (Å²) in [6, 6.07) is 16.1. The molecule has 0 spiro atoms. The van der Waals surface area contributed by atoms with Crippen molar-refractivity contribution in [2.24, 2.45) is 0 Å². The van der Waals surface area contributed by atoms with Crippen LogP contribution in [0.15, 0.2) is 60.7 Å². The molecular weight excluding hydrogens is 548 g/mol. The predicted octanol–water partition coefficient (Wildman–Crippen LogP) is 4.80. The smallest absolute Gasteiger partial charge is 0.254 e. The molecule has 4 rings (SSSR count). The van der Waals surface area contributed by atoms with E-state index in [2.05, 4.69) is 0 Å². The van der Waals surface area contributed by atoms with Gasteiger partial charge in [-0.1, -0.05) is 29.8 Å². The molecule has 0 atom stereocenters. The second-order valence-electron chi connectivity index (χ2n) is 9.17. The lowest BCUT2D eigenvalue weighted by atomic mass is 9.96. The topological polar surface area (TPSA) is 86.8 Å². The van der Waals surface area contributed by atoms with Crippen LogP contribution in [0, 0.1) is 0 Å². The quantitative estimate of drug-likeness (QED) is 0.336. The number of amides is 2. The Morgan fingerprint density at radius 2 is 1.22 bits per heavy atom. The van der Waals surface area contributed by atoms with E-state index in [9.17, 15) is 9.59 Å². The highest BCUT2D eigenvalue weighted by Crippen LogP contribution is 2.38. The molecule has 1 heterocycles. The van der Waals surface area contributed by atoms with Crippen LogP contribution in [0.25, 0.3) is 5.57 Å². The van der Waals surface area contributed by atoms with Gasteiger partial charge in [-0.05, 0) is 53.1 Å². The number of piperazine rings is 1. The SMILES string of the molecule is COc1ccc(/C(=C/C(=O)N2CCN(C(=O)c3cc(OC)c(OC)c(OC)c3)CC2)c2cccc(Cl)c2)cc1OC. The maximum atomic E-state index is 13.5. The molecule has 1 aliphatic heterocycles. The normalized spacial score (nSPS) is 13.5.